The number of carbonyl (C=O) groups is 1. The van der Waals surface area contributed by atoms with Crippen molar-refractivity contribution in [2.75, 3.05) is 13.1 Å². The topological polar surface area (TPSA) is 20.3 Å². The Labute approximate surface area is 109 Å². The molecule has 0 bridgehead atoms. The number of carbonyl (C=O) groups excluding carboxylic acids is 1. The maximum absolute atomic E-state index is 11.2. The van der Waals surface area contributed by atoms with E-state index in [1.165, 1.54) is 9.35 Å². The van der Waals surface area contributed by atoms with Gasteiger partial charge in [0.05, 0.1) is 0 Å². The molecule has 0 atom stereocenters. The van der Waals surface area contributed by atoms with Gasteiger partial charge >= 0.3 is 0 Å². The maximum atomic E-state index is 11.2. The summed E-state index contributed by atoms with van der Waals surface area (Å²) in [5, 5.41) is 2.12. The summed E-state index contributed by atoms with van der Waals surface area (Å²) in [4.78, 5) is 15.1. The summed E-state index contributed by atoms with van der Waals surface area (Å²) >= 11 is 5.27. The van der Waals surface area contributed by atoms with E-state index in [-0.39, 0.29) is 0 Å². The van der Waals surface area contributed by atoms with Gasteiger partial charge in [-0.3, -0.25) is 9.69 Å². The zero-order valence-electron chi connectivity index (χ0n) is 9.41. The van der Waals surface area contributed by atoms with E-state index in [9.17, 15) is 4.79 Å². The monoisotopic (exact) mass is 301 g/mol. The molecule has 1 saturated heterocycles. The minimum Gasteiger partial charge on any atom is -0.300 e. The predicted molar refractivity (Wildman–Crippen MR) is 70.7 cm³/mol. The van der Waals surface area contributed by atoms with E-state index >= 15 is 0 Å². The normalized spacial score (nSPS) is 18.9. The van der Waals surface area contributed by atoms with Gasteiger partial charge in [0.25, 0.3) is 0 Å². The fourth-order valence-corrected chi connectivity index (χ4v) is 3.65. The van der Waals surface area contributed by atoms with Gasteiger partial charge in [-0.15, -0.1) is 11.3 Å². The average Bonchev–Trinajstić information content (AvgIpc) is 2.65. The number of hydrogen-bond donors (Lipinski definition) is 0. The largest absolute Gasteiger partial charge is 0.300 e. The van der Waals surface area contributed by atoms with E-state index < -0.39 is 0 Å². The smallest absolute Gasteiger partial charge is 0.133 e. The van der Waals surface area contributed by atoms with Gasteiger partial charge in [-0.2, -0.15) is 0 Å². The molecular weight excluding hydrogens is 286 g/mol. The van der Waals surface area contributed by atoms with E-state index in [4.69, 9.17) is 0 Å². The average molecular weight is 302 g/mol. The third kappa shape index (κ3) is 3.15. The minimum atomic E-state index is 0.311. The highest BCUT2D eigenvalue weighted by Crippen LogP contribution is 2.24. The number of hydrogen-bond acceptors (Lipinski definition) is 3. The number of nitrogens with zero attached hydrogens (tertiary/aromatic N) is 1. The molecule has 16 heavy (non-hydrogen) atoms. The summed E-state index contributed by atoms with van der Waals surface area (Å²) in [5.41, 5.74) is 0. The Bertz CT molecular complexity index is 369. The van der Waals surface area contributed by atoms with E-state index in [2.05, 4.69) is 32.3 Å². The number of piperidine rings is 1. The first-order valence-corrected chi connectivity index (χ1v) is 7.28. The van der Waals surface area contributed by atoms with Gasteiger partial charge in [-0.25, -0.2) is 0 Å². The molecular formula is C12H16BrNOS. The third-order valence-electron chi connectivity index (χ3n) is 3.16. The molecule has 0 amide bonds. The molecule has 1 aromatic heterocycles. The van der Waals surface area contributed by atoms with Crippen LogP contribution < -0.4 is 0 Å². The Morgan fingerprint density at radius 3 is 2.75 bits per heavy atom. The number of Topliss-reactive ketones (excluding diaryl/α,β-unsaturated/α-hetero) is 1. The molecule has 0 aliphatic carbocycles. The molecule has 4 heteroatoms. The molecule has 88 valence electrons. The Balaban J connectivity index is 1.83. The van der Waals surface area contributed by atoms with Crippen LogP contribution in [0.1, 0.15) is 24.6 Å². The molecule has 2 rings (SSSR count). The molecule has 0 unspecified atom stereocenters. The minimum absolute atomic E-state index is 0.311. The zero-order chi connectivity index (χ0) is 11.5. The Morgan fingerprint density at radius 2 is 2.25 bits per heavy atom. The van der Waals surface area contributed by atoms with Crippen LogP contribution in [-0.4, -0.2) is 23.8 Å². The highest BCUT2D eigenvalue weighted by Gasteiger charge is 2.22. The summed E-state index contributed by atoms with van der Waals surface area (Å²) in [6.07, 6.45) is 2.06. The highest BCUT2D eigenvalue weighted by atomic mass is 79.9. The Kier molecular flexibility index (Phi) is 4.16. The van der Waals surface area contributed by atoms with Gasteiger partial charge in [0.1, 0.15) is 5.78 Å². The lowest BCUT2D eigenvalue weighted by Crippen LogP contribution is -2.35. The molecule has 0 aromatic carbocycles. The summed E-state index contributed by atoms with van der Waals surface area (Å²) in [6, 6.07) is 2.18. The fraction of sp³-hybridized carbons (Fsp3) is 0.583. The zero-order valence-corrected chi connectivity index (χ0v) is 11.8. The second-order valence-electron chi connectivity index (χ2n) is 4.39. The second kappa shape index (κ2) is 5.43. The van der Waals surface area contributed by atoms with E-state index in [1.54, 1.807) is 18.3 Å². The van der Waals surface area contributed by atoms with Gasteiger partial charge in [0, 0.05) is 27.2 Å². The van der Waals surface area contributed by atoms with Crippen LogP contribution in [0.15, 0.2) is 15.9 Å². The molecule has 0 spiro atoms. The number of rotatable bonds is 3. The summed E-state index contributed by atoms with van der Waals surface area (Å²) < 4.78 is 1.17. The van der Waals surface area contributed by atoms with Crippen LogP contribution in [0.3, 0.4) is 0 Å². The first-order valence-electron chi connectivity index (χ1n) is 5.61. The predicted octanol–water partition coefficient (Wildman–Crippen LogP) is 3.31. The quantitative estimate of drug-likeness (QED) is 0.854. The van der Waals surface area contributed by atoms with Gasteiger partial charge in [0.2, 0.25) is 0 Å². The van der Waals surface area contributed by atoms with Gasteiger partial charge in [0.15, 0.2) is 0 Å². The van der Waals surface area contributed by atoms with Crippen molar-refractivity contribution in [2.24, 2.45) is 5.92 Å². The van der Waals surface area contributed by atoms with E-state index in [1.807, 2.05) is 0 Å². The lowest BCUT2D eigenvalue weighted by Gasteiger charge is -2.30. The number of likely N-dealkylation sites (tertiary alicyclic amines) is 1. The van der Waals surface area contributed by atoms with Crippen molar-refractivity contribution >= 4 is 33.0 Å². The molecule has 1 aromatic rings. The van der Waals surface area contributed by atoms with Crippen molar-refractivity contribution in [3.8, 4) is 0 Å². The molecule has 1 aliphatic heterocycles. The van der Waals surface area contributed by atoms with Crippen molar-refractivity contribution < 1.29 is 4.79 Å². The molecule has 0 saturated carbocycles. The third-order valence-corrected chi connectivity index (χ3v) is 4.85. The number of halogens is 1. The highest BCUT2D eigenvalue weighted by molar-refractivity contribution is 9.10. The maximum Gasteiger partial charge on any atom is 0.133 e. The van der Waals surface area contributed by atoms with Crippen LogP contribution >= 0.6 is 27.3 Å². The Morgan fingerprint density at radius 1 is 1.56 bits per heavy atom. The van der Waals surface area contributed by atoms with Crippen LogP contribution in [0.2, 0.25) is 0 Å². The molecule has 2 heterocycles. The first-order chi connectivity index (χ1) is 7.65. The SMILES string of the molecule is CC(=O)C1CCN(Cc2cc(Br)cs2)CC1. The van der Waals surface area contributed by atoms with Gasteiger partial charge in [-0.05, 0) is 54.9 Å². The van der Waals surface area contributed by atoms with E-state index in [0.29, 0.717) is 11.7 Å². The van der Waals surface area contributed by atoms with Crippen LogP contribution in [-0.2, 0) is 11.3 Å². The fourth-order valence-electron chi connectivity index (χ4n) is 2.15. The van der Waals surface area contributed by atoms with Crippen LogP contribution in [0.4, 0.5) is 0 Å². The lowest BCUT2D eigenvalue weighted by atomic mass is 9.93. The molecule has 2 nitrogen and oxygen atoms in total. The lowest BCUT2D eigenvalue weighted by molar-refractivity contribution is -0.122. The van der Waals surface area contributed by atoms with Crippen molar-refractivity contribution in [1.29, 1.82) is 0 Å². The Hall–Kier alpha value is -0.190. The molecule has 0 N–H and O–H groups in total. The summed E-state index contributed by atoms with van der Waals surface area (Å²) in [7, 11) is 0. The van der Waals surface area contributed by atoms with Crippen LogP contribution in [0, 0.1) is 5.92 Å². The first kappa shape index (κ1) is 12.3. The van der Waals surface area contributed by atoms with Crippen molar-refractivity contribution in [2.45, 2.75) is 26.3 Å². The summed E-state index contributed by atoms with van der Waals surface area (Å²) in [5.74, 6) is 0.671. The number of thiophene rings is 1. The van der Waals surface area contributed by atoms with Crippen molar-refractivity contribution in [1.82, 2.24) is 4.90 Å². The van der Waals surface area contributed by atoms with Crippen molar-refractivity contribution in [3.05, 3.63) is 20.8 Å². The van der Waals surface area contributed by atoms with E-state index in [0.717, 1.165) is 32.5 Å². The van der Waals surface area contributed by atoms with Crippen LogP contribution in [0.5, 0.6) is 0 Å². The van der Waals surface area contributed by atoms with Gasteiger partial charge < -0.3 is 0 Å². The standard InChI is InChI=1S/C12H16BrNOS/c1-9(15)10-2-4-14(5-3-10)7-12-6-11(13)8-16-12/h6,8,10H,2-5,7H2,1H3. The molecule has 0 radical (unpaired) electrons. The summed E-state index contributed by atoms with van der Waals surface area (Å²) in [6.45, 7) is 4.86. The van der Waals surface area contributed by atoms with Crippen LogP contribution in [0.25, 0.3) is 0 Å². The number of ketones is 1. The second-order valence-corrected chi connectivity index (χ2v) is 6.30. The molecule has 1 fully saturated rings. The molecule has 1 aliphatic rings. The van der Waals surface area contributed by atoms with Crippen molar-refractivity contribution in [3.63, 3.8) is 0 Å². The van der Waals surface area contributed by atoms with Gasteiger partial charge in [-0.1, -0.05) is 0 Å².